The largest absolute Gasteiger partial charge is 0.292 e. The van der Waals surface area contributed by atoms with E-state index in [2.05, 4.69) is 122 Å². The fourth-order valence-corrected chi connectivity index (χ4v) is 6.92. The number of pyridine rings is 2. The number of hydrogen-bond acceptors (Lipinski definition) is 6. The van der Waals surface area contributed by atoms with Crippen LogP contribution in [0, 0.1) is 0 Å². The van der Waals surface area contributed by atoms with Gasteiger partial charge in [0.2, 0.25) is 5.95 Å². The van der Waals surface area contributed by atoms with E-state index in [-0.39, 0.29) is 0 Å². The van der Waals surface area contributed by atoms with Crippen molar-refractivity contribution in [2.24, 2.45) is 0 Å². The molecule has 0 amide bonds. The van der Waals surface area contributed by atoms with E-state index in [0.717, 1.165) is 61.0 Å². The predicted octanol–water partition coefficient (Wildman–Crippen LogP) is 9.77. The van der Waals surface area contributed by atoms with Crippen molar-refractivity contribution in [1.82, 2.24) is 39.0 Å². The van der Waals surface area contributed by atoms with Crippen LogP contribution in [-0.2, 0) is 0 Å². The summed E-state index contributed by atoms with van der Waals surface area (Å²) in [7, 11) is 0. The minimum Gasteiger partial charge on any atom is -0.292 e. The van der Waals surface area contributed by atoms with E-state index in [1.165, 1.54) is 0 Å². The maximum absolute atomic E-state index is 5.06. The number of imidazole rings is 1. The van der Waals surface area contributed by atoms with Gasteiger partial charge in [0.05, 0.1) is 22.1 Å². The zero-order chi connectivity index (χ0) is 34.4. The summed E-state index contributed by atoms with van der Waals surface area (Å²) >= 11 is 0. The van der Waals surface area contributed by atoms with Gasteiger partial charge >= 0.3 is 0 Å². The highest BCUT2D eigenvalue weighted by Crippen LogP contribution is 2.36. The van der Waals surface area contributed by atoms with Crippen LogP contribution in [0.25, 0.3) is 90.0 Å². The van der Waals surface area contributed by atoms with Crippen molar-refractivity contribution in [3.63, 3.8) is 0 Å². The Hall–Kier alpha value is -7.32. The van der Waals surface area contributed by atoms with Gasteiger partial charge in [-0.3, -0.25) is 19.1 Å². The predicted molar refractivity (Wildman–Crippen MR) is 206 cm³/mol. The van der Waals surface area contributed by atoms with E-state index < -0.39 is 0 Å². The highest BCUT2D eigenvalue weighted by molar-refractivity contribution is 6.10. The van der Waals surface area contributed by atoms with Crippen molar-refractivity contribution in [2.45, 2.75) is 0 Å². The Kier molecular flexibility index (Phi) is 6.95. The third-order valence-corrected chi connectivity index (χ3v) is 9.34. The van der Waals surface area contributed by atoms with Crippen molar-refractivity contribution in [3.05, 3.63) is 170 Å². The summed E-state index contributed by atoms with van der Waals surface area (Å²) in [6, 6.07) is 53.7. The average molecular weight is 669 g/mol. The number of para-hydroxylation sites is 4. The van der Waals surface area contributed by atoms with E-state index in [1.54, 1.807) is 12.4 Å². The van der Waals surface area contributed by atoms with Crippen LogP contribution in [0.5, 0.6) is 0 Å². The molecule has 10 aromatic rings. The first-order valence-electron chi connectivity index (χ1n) is 17.0. The highest BCUT2D eigenvalue weighted by Gasteiger charge is 2.19. The normalized spacial score (nSPS) is 11.5. The molecule has 0 bridgehead atoms. The second kappa shape index (κ2) is 12.2. The van der Waals surface area contributed by atoms with E-state index in [9.17, 15) is 0 Å². The monoisotopic (exact) mass is 668 g/mol. The molecule has 8 heteroatoms. The topological polar surface area (TPSA) is 87.2 Å². The second-order valence-corrected chi connectivity index (χ2v) is 12.5. The zero-order valence-corrected chi connectivity index (χ0v) is 27.7. The Morgan fingerprint density at radius 1 is 0.385 bits per heavy atom. The van der Waals surface area contributed by atoms with Crippen molar-refractivity contribution < 1.29 is 0 Å². The van der Waals surface area contributed by atoms with E-state index in [0.29, 0.717) is 29.0 Å². The Labute approximate surface area is 298 Å². The third kappa shape index (κ3) is 5.01. The van der Waals surface area contributed by atoms with Crippen LogP contribution >= 0.6 is 0 Å². The number of nitrogens with zero attached hydrogens (tertiary/aromatic N) is 8. The van der Waals surface area contributed by atoms with E-state index >= 15 is 0 Å². The summed E-state index contributed by atoms with van der Waals surface area (Å²) in [6.07, 6.45) is 3.49. The molecule has 0 aliphatic rings. The maximum atomic E-state index is 5.06. The summed E-state index contributed by atoms with van der Waals surface area (Å²) in [5.41, 5.74) is 9.69. The van der Waals surface area contributed by atoms with E-state index in [4.69, 9.17) is 19.9 Å². The van der Waals surface area contributed by atoms with Crippen LogP contribution in [0.3, 0.4) is 0 Å². The molecule has 8 nitrogen and oxygen atoms in total. The number of rotatable bonds is 6. The minimum absolute atomic E-state index is 0.481. The molecule has 0 fully saturated rings. The first-order chi connectivity index (χ1) is 25.8. The van der Waals surface area contributed by atoms with Gasteiger partial charge in [-0.25, -0.2) is 9.97 Å². The van der Waals surface area contributed by atoms with Crippen LogP contribution in [-0.4, -0.2) is 39.0 Å². The molecule has 0 aliphatic heterocycles. The minimum atomic E-state index is 0.481. The smallest absolute Gasteiger partial charge is 0.238 e. The fourth-order valence-electron chi connectivity index (χ4n) is 6.92. The third-order valence-electron chi connectivity index (χ3n) is 9.34. The summed E-state index contributed by atoms with van der Waals surface area (Å²) in [5, 5.41) is 2.20. The number of hydrogen-bond donors (Lipinski definition) is 0. The molecule has 10 rings (SSSR count). The second-order valence-electron chi connectivity index (χ2n) is 12.5. The summed E-state index contributed by atoms with van der Waals surface area (Å²) in [5.74, 6) is 2.37. The molecule has 244 valence electrons. The molecule has 5 heterocycles. The Morgan fingerprint density at radius 2 is 0.981 bits per heavy atom. The first kappa shape index (κ1) is 29.6. The lowest BCUT2D eigenvalue weighted by molar-refractivity contribution is 0.943. The summed E-state index contributed by atoms with van der Waals surface area (Å²) < 4.78 is 4.33. The molecule has 0 radical (unpaired) electrons. The van der Waals surface area contributed by atoms with Gasteiger partial charge in [0.25, 0.3) is 0 Å². The van der Waals surface area contributed by atoms with Gasteiger partial charge in [-0.1, -0.05) is 91.0 Å². The lowest BCUT2D eigenvalue weighted by Crippen LogP contribution is -2.07. The first-order valence-corrected chi connectivity index (χ1v) is 17.0. The van der Waals surface area contributed by atoms with Crippen LogP contribution in [0.15, 0.2) is 170 Å². The molecular formula is C44H28N8. The van der Waals surface area contributed by atoms with Gasteiger partial charge in [-0.05, 0) is 77.9 Å². The van der Waals surface area contributed by atoms with Crippen molar-refractivity contribution in [2.75, 3.05) is 0 Å². The zero-order valence-electron chi connectivity index (χ0n) is 27.7. The Balaban J connectivity index is 1.10. The van der Waals surface area contributed by atoms with Gasteiger partial charge in [0, 0.05) is 34.4 Å². The number of aromatic nitrogens is 8. The SMILES string of the molecule is c1ccc(-n2c(-c3ccc(-c4ccc5c(c4)c4ccccc4n5-c4nc(-c5ccccn5)nc(-c5ccccn5)n4)cc3)nc3ccccc32)cc1. The van der Waals surface area contributed by atoms with Gasteiger partial charge in [0.1, 0.15) is 17.2 Å². The lowest BCUT2D eigenvalue weighted by Gasteiger charge is -2.11. The van der Waals surface area contributed by atoms with Crippen molar-refractivity contribution in [1.29, 1.82) is 0 Å². The van der Waals surface area contributed by atoms with Gasteiger partial charge in [0.15, 0.2) is 11.6 Å². The molecule has 0 saturated carbocycles. The molecule has 5 aromatic carbocycles. The van der Waals surface area contributed by atoms with Crippen molar-refractivity contribution in [3.8, 4) is 57.2 Å². The molecular weight excluding hydrogens is 641 g/mol. The molecule has 0 spiro atoms. The van der Waals surface area contributed by atoms with Crippen LogP contribution in [0.4, 0.5) is 0 Å². The molecule has 0 N–H and O–H groups in total. The molecule has 0 atom stereocenters. The Morgan fingerprint density at radius 3 is 1.69 bits per heavy atom. The fraction of sp³-hybridized carbons (Fsp3) is 0. The summed E-state index contributed by atoms with van der Waals surface area (Å²) in [6.45, 7) is 0. The standard InChI is InChI=1S/C44H28N8/c1-2-12-32(13-3-1)51-40-19-7-5-15-35(40)47-43(51)30-22-20-29(21-23-30)31-24-25-39-34(28-31)33-14-4-6-18-38(33)52(39)44-49-41(36-16-8-10-26-45-36)48-42(50-44)37-17-9-11-27-46-37/h1-28H. The Bertz CT molecular complexity index is 2820. The van der Waals surface area contributed by atoms with Crippen LogP contribution in [0.2, 0.25) is 0 Å². The molecule has 5 aromatic heterocycles. The molecule has 52 heavy (non-hydrogen) atoms. The van der Waals surface area contributed by atoms with Crippen molar-refractivity contribution >= 4 is 32.8 Å². The van der Waals surface area contributed by atoms with Gasteiger partial charge in [-0.2, -0.15) is 9.97 Å². The molecule has 0 unspecified atom stereocenters. The van der Waals surface area contributed by atoms with E-state index in [1.807, 2.05) is 54.6 Å². The van der Waals surface area contributed by atoms with Crippen LogP contribution < -0.4 is 0 Å². The number of benzene rings is 5. The lowest BCUT2D eigenvalue weighted by atomic mass is 10.0. The molecule has 0 saturated heterocycles. The van der Waals surface area contributed by atoms with Gasteiger partial charge in [-0.15, -0.1) is 0 Å². The molecule has 0 aliphatic carbocycles. The quantitative estimate of drug-likeness (QED) is 0.175. The highest BCUT2D eigenvalue weighted by atomic mass is 15.2. The van der Waals surface area contributed by atoms with Gasteiger partial charge < -0.3 is 0 Å². The maximum Gasteiger partial charge on any atom is 0.238 e. The number of fused-ring (bicyclic) bond motifs is 4. The van der Waals surface area contributed by atoms with Crippen LogP contribution in [0.1, 0.15) is 0 Å². The average Bonchev–Trinajstić information content (AvgIpc) is 3.78. The summed E-state index contributed by atoms with van der Waals surface area (Å²) in [4.78, 5) is 28.9.